The van der Waals surface area contributed by atoms with Crippen molar-refractivity contribution in [1.29, 1.82) is 0 Å². The maximum absolute atomic E-state index is 12.2. The third kappa shape index (κ3) is 2.27. The van der Waals surface area contributed by atoms with Crippen LogP contribution < -0.4 is 15.6 Å². The number of rotatable bonds is 3. The first kappa shape index (κ1) is 12.7. The van der Waals surface area contributed by atoms with Gasteiger partial charge in [-0.25, -0.2) is 4.98 Å². The van der Waals surface area contributed by atoms with Crippen LogP contribution in [0.1, 0.15) is 18.9 Å². The van der Waals surface area contributed by atoms with E-state index in [1.807, 2.05) is 31.2 Å². The summed E-state index contributed by atoms with van der Waals surface area (Å²) < 4.78 is 5.59. The van der Waals surface area contributed by atoms with Gasteiger partial charge in [-0.05, 0) is 31.9 Å². The molecule has 5 heteroatoms. The number of nitrogens with one attached hydrogen (secondary N) is 2. The van der Waals surface area contributed by atoms with E-state index in [9.17, 15) is 4.79 Å². The number of ether oxygens (including phenoxy) is 1. The topological polar surface area (TPSA) is 67.0 Å². The molecule has 0 saturated carbocycles. The third-order valence-corrected chi connectivity index (χ3v) is 3.35. The average molecular weight is 271 g/mol. The van der Waals surface area contributed by atoms with E-state index in [1.165, 1.54) is 0 Å². The molecule has 0 fully saturated rings. The quantitative estimate of drug-likeness (QED) is 0.898. The molecule has 1 aromatic carbocycles. The lowest BCUT2D eigenvalue weighted by Gasteiger charge is -2.17. The molecule has 1 aromatic heterocycles. The second-order valence-electron chi connectivity index (χ2n) is 4.70. The summed E-state index contributed by atoms with van der Waals surface area (Å²) in [5, 5.41) is 3.19. The number of hydrogen-bond donors (Lipinski definition) is 2. The summed E-state index contributed by atoms with van der Waals surface area (Å²) in [7, 11) is 0. The summed E-state index contributed by atoms with van der Waals surface area (Å²) in [5.41, 5.74) is 1.49. The van der Waals surface area contributed by atoms with Crippen LogP contribution in [0.15, 0.2) is 29.1 Å². The van der Waals surface area contributed by atoms with Crippen molar-refractivity contribution >= 4 is 5.82 Å². The van der Waals surface area contributed by atoms with E-state index in [1.54, 1.807) is 0 Å². The normalized spacial score (nSPS) is 13.4. The van der Waals surface area contributed by atoms with Gasteiger partial charge in [-0.2, -0.15) is 0 Å². The molecule has 1 aliphatic rings. The highest BCUT2D eigenvalue weighted by Crippen LogP contribution is 2.28. The van der Waals surface area contributed by atoms with Crippen LogP contribution in [0.4, 0.5) is 5.82 Å². The van der Waals surface area contributed by atoms with E-state index < -0.39 is 0 Å². The number of aromatic nitrogens is 2. The molecular weight excluding hydrogens is 254 g/mol. The number of fused-ring (bicyclic) bond motifs is 1. The number of hydrogen-bond acceptors (Lipinski definition) is 4. The molecule has 0 spiro atoms. The lowest BCUT2D eigenvalue weighted by Crippen LogP contribution is -2.24. The van der Waals surface area contributed by atoms with Gasteiger partial charge in [-0.1, -0.05) is 12.1 Å². The van der Waals surface area contributed by atoms with E-state index in [-0.39, 0.29) is 5.56 Å². The molecule has 0 atom stereocenters. The molecule has 0 amide bonds. The summed E-state index contributed by atoms with van der Waals surface area (Å²) in [6.07, 6.45) is 1.74. The number of H-pyrrole nitrogens is 1. The van der Waals surface area contributed by atoms with Gasteiger partial charge < -0.3 is 15.0 Å². The summed E-state index contributed by atoms with van der Waals surface area (Å²) in [5.74, 6) is 1.97. The molecule has 20 heavy (non-hydrogen) atoms. The Morgan fingerprint density at radius 3 is 3.05 bits per heavy atom. The third-order valence-electron chi connectivity index (χ3n) is 3.35. The number of para-hydroxylation sites is 1. The van der Waals surface area contributed by atoms with Gasteiger partial charge in [0.05, 0.1) is 17.7 Å². The lowest BCUT2D eigenvalue weighted by atomic mass is 10.1. The molecule has 2 aromatic rings. The molecule has 1 aliphatic heterocycles. The first-order chi connectivity index (χ1) is 9.79. The van der Waals surface area contributed by atoms with Crippen molar-refractivity contribution in [2.24, 2.45) is 0 Å². The SMILES string of the molecule is CCOc1ccccc1-c1nc2c(c(=O)[nH]1)CCCN2. The van der Waals surface area contributed by atoms with Gasteiger partial charge in [-0.3, -0.25) is 4.79 Å². The van der Waals surface area contributed by atoms with E-state index in [4.69, 9.17) is 4.74 Å². The average Bonchev–Trinajstić information content (AvgIpc) is 2.48. The number of anilines is 1. The van der Waals surface area contributed by atoms with Crippen LogP contribution in [0.5, 0.6) is 5.75 Å². The first-order valence-corrected chi connectivity index (χ1v) is 6.89. The number of nitrogens with zero attached hydrogens (tertiary/aromatic N) is 1. The van der Waals surface area contributed by atoms with Gasteiger partial charge in [-0.15, -0.1) is 0 Å². The Morgan fingerprint density at radius 1 is 1.35 bits per heavy atom. The molecule has 3 rings (SSSR count). The lowest BCUT2D eigenvalue weighted by molar-refractivity contribution is 0.341. The molecule has 2 N–H and O–H groups in total. The summed E-state index contributed by atoms with van der Waals surface area (Å²) in [6, 6.07) is 7.60. The Morgan fingerprint density at radius 2 is 2.20 bits per heavy atom. The van der Waals surface area contributed by atoms with Crippen molar-refractivity contribution < 1.29 is 4.74 Å². The van der Waals surface area contributed by atoms with Crippen molar-refractivity contribution in [3.05, 3.63) is 40.2 Å². The van der Waals surface area contributed by atoms with Gasteiger partial charge in [0, 0.05) is 6.54 Å². The summed E-state index contributed by atoms with van der Waals surface area (Å²) in [6.45, 7) is 3.36. The number of aromatic amines is 1. The smallest absolute Gasteiger partial charge is 0.256 e. The monoisotopic (exact) mass is 271 g/mol. The maximum Gasteiger partial charge on any atom is 0.256 e. The molecule has 5 nitrogen and oxygen atoms in total. The largest absolute Gasteiger partial charge is 0.493 e. The minimum Gasteiger partial charge on any atom is -0.493 e. The first-order valence-electron chi connectivity index (χ1n) is 6.89. The van der Waals surface area contributed by atoms with Gasteiger partial charge in [0.25, 0.3) is 5.56 Å². The van der Waals surface area contributed by atoms with E-state index in [0.717, 1.165) is 36.3 Å². The van der Waals surface area contributed by atoms with Crippen LogP contribution in [0, 0.1) is 0 Å². The molecule has 0 bridgehead atoms. The zero-order chi connectivity index (χ0) is 13.9. The van der Waals surface area contributed by atoms with Crippen LogP contribution in [0.2, 0.25) is 0 Å². The van der Waals surface area contributed by atoms with Crippen molar-refractivity contribution in [1.82, 2.24) is 9.97 Å². The van der Waals surface area contributed by atoms with Gasteiger partial charge >= 0.3 is 0 Å². The highest BCUT2D eigenvalue weighted by atomic mass is 16.5. The van der Waals surface area contributed by atoms with Gasteiger partial charge in [0.1, 0.15) is 17.4 Å². The minimum atomic E-state index is -0.0662. The van der Waals surface area contributed by atoms with Crippen molar-refractivity contribution in [3.63, 3.8) is 0 Å². The second-order valence-corrected chi connectivity index (χ2v) is 4.70. The van der Waals surface area contributed by atoms with E-state index >= 15 is 0 Å². The van der Waals surface area contributed by atoms with Crippen molar-refractivity contribution in [2.45, 2.75) is 19.8 Å². The Labute approximate surface area is 117 Å². The molecule has 0 unspecified atom stereocenters. The Bertz CT molecular complexity index is 679. The zero-order valence-corrected chi connectivity index (χ0v) is 11.4. The summed E-state index contributed by atoms with van der Waals surface area (Å²) >= 11 is 0. The van der Waals surface area contributed by atoms with Crippen LogP contribution in [-0.2, 0) is 6.42 Å². The van der Waals surface area contributed by atoms with Gasteiger partial charge in [0.15, 0.2) is 0 Å². The van der Waals surface area contributed by atoms with Crippen LogP contribution >= 0.6 is 0 Å². The zero-order valence-electron chi connectivity index (χ0n) is 11.4. The molecule has 104 valence electrons. The Hall–Kier alpha value is -2.30. The standard InChI is InChI=1S/C15H17N3O2/c1-2-20-12-8-4-3-6-10(12)14-17-13-11(15(19)18-14)7-5-9-16-13/h3-4,6,8H,2,5,7,9H2,1H3,(H2,16,17,18,19). The van der Waals surface area contributed by atoms with E-state index in [2.05, 4.69) is 15.3 Å². The predicted octanol–water partition coefficient (Wildman–Crippen LogP) is 2.19. The predicted molar refractivity (Wildman–Crippen MR) is 78.3 cm³/mol. The van der Waals surface area contributed by atoms with Crippen molar-refractivity contribution in [3.8, 4) is 17.1 Å². The fourth-order valence-electron chi connectivity index (χ4n) is 2.42. The van der Waals surface area contributed by atoms with Gasteiger partial charge in [0.2, 0.25) is 0 Å². The molecule has 0 radical (unpaired) electrons. The molecule has 2 heterocycles. The van der Waals surface area contributed by atoms with Crippen LogP contribution in [0.25, 0.3) is 11.4 Å². The highest BCUT2D eigenvalue weighted by molar-refractivity contribution is 5.66. The Balaban J connectivity index is 2.11. The minimum absolute atomic E-state index is 0.0662. The second kappa shape index (κ2) is 5.36. The highest BCUT2D eigenvalue weighted by Gasteiger charge is 2.17. The fraction of sp³-hybridized carbons (Fsp3) is 0.333. The van der Waals surface area contributed by atoms with E-state index in [0.29, 0.717) is 18.2 Å². The molecular formula is C15H17N3O2. The summed E-state index contributed by atoms with van der Waals surface area (Å²) in [4.78, 5) is 19.6. The van der Waals surface area contributed by atoms with Crippen LogP contribution in [0.3, 0.4) is 0 Å². The molecule has 0 aliphatic carbocycles. The fourth-order valence-corrected chi connectivity index (χ4v) is 2.42. The van der Waals surface area contributed by atoms with Crippen LogP contribution in [-0.4, -0.2) is 23.1 Å². The van der Waals surface area contributed by atoms with Crippen molar-refractivity contribution in [2.75, 3.05) is 18.5 Å². The Kier molecular flexibility index (Phi) is 3.41. The maximum atomic E-state index is 12.2. The number of benzene rings is 1. The molecule has 0 saturated heterocycles.